The van der Waals surface area contributed by atoms with Crippen molar-refractivity contribution in [1.82, 2.24) is 5.32 Å². The highest BCUT2D eigenvalue weighted by Crippen LogP contribution is 2.16. The second-order valence-electron chi connectivity index (χ2n) is 19.7. The number of unbranched alkanes of at least 4 members (excludes halogenated alkanes) is 32. The van der Waals surface area contributed by atoms with Crippen LogP contribution in [0, 0.1) is 0 Å². The van der Waals surface area contributed by atoms with Crippen LogP contribution in [0.4, 0.5) is 0 Å². The summed E-state index contributed by atoms with van der Waals surface area (Å²) in [4.78, 5) is 12.5. The summed E-state index contributed by atoms with van der Waals surface area (Å²) in [6.07, 6.45) is 87.3. The molecule has 68 heavy (non-hydrogen) atoms. The normalized spacial score (nSPS) is 13.5. The van der Waals surface area contributed by atoms with Crippen molar-refractivity contribution < 1.29 is 15.0 Å². The van der Waals surface area contributed by atoms with Crippen molar-refractivity contribution in [3.8, 4) is 0 Å². The number of aliphatic hydroxyl groups is 2. The molecule has 0 aromatic rings. The Balaban J connectivity index is 3.58. The van der Waals surface area contributed by atoms with Gasteiger partial charge in [-0.05, 0) is 89.9 Å². The van der Waals surface area contributed by atoms with E-state index in [0.717, 1.165) is 83.5 Å². The number of amides is 1. The Morgan fingerprint density at radius 3 is 1.03 bits per heavy atom. The predicted octanol–water partition coefficient (Wildman–Crippen LogP) is 19.7. The minimum Gasteiger partial charge on any atom is -0.394 e. The van der Waals surface area contributed by atoms with Crippen molar-refractivity contribution in [2.45, 2.75) is 296 Å². The maximum absolute atomic E-state index is 12.5. The molecule has 0 aliphatic carbocycles. The first-order chi connectivity index (χ1) is 33.7. The molecule has 1 amide bonds. The zero-order chi connectivity index (χ0) is 49.2. The van der Waals surface area contributed by atoms with E-state index in [1.807, 2.05) is 6.08 Å². The van der Waals surface area contributed by atoms with Gasteiger partial charge < -0.3 is 15.5 Å². The molecule has 0 bridgehead atoms. The Hall–Kier alpha value is -2.69. The molecule has 0 saturated carbocycles. The van der Waals surface area contributed by atoms with Crippen LogP contribution >= 0.6 is 0 Å². The molecule has 0 fully saturated rings. The van der Waals surface area contributed by atoms with E-state index in [4.69, 9.17) is 0 Å². The molecule has 0 saturated heterocycles. The van der Waals surface area contributed by atoms with Crippen LogP contribution in [0.1, 0.15) is 284 Å². The second kappa shape index (κ2) is 58.6. The van der Waals surface area contributed by atoms with E-state index >= 15 is 0 Å². The summed E-state index contributed by atoms with van der Waals surface area (Å²) in [7, 11) is 0. The molecule has 392 valence electrons. The van der Waals surface area contributed by atoms with Crippen LogP contribution in [0.2, 0.25) is 0 Å². The van der Waals surface area contributed by atoms with Gasteiger partial charge in [0.2, 0.25) is 5.91 Å². The molecule has 0 rings (SSSR count). The van der Waals surface area contributed by atoms with Crippen LogP contribution < -0.4 is 5.32 Å². The fourth-order valence-electron chi connectivity index (χ4n) is 8.59. The van der Waals surface area contributed by atoms with Gasteiger partial charge in [0.25, 0.3) is 0 Å². The lowest BCUT2D eigenvalue weighted by atomic mass is 10.0. The zero-order valence-electron chi connectivity index (χ0n) is 45.1. The number of rotatable bonds is 53. The zero-order valence-corrected chi connectivity index (χ0v) is 45.1. The summed E-state index contributed by atoms with van der Waals surface area (Å²) >= 11 is 0. The molecule has 2 unspecified atom stereocenters. The maximum Gasteiger partial charge on any atom is 0.220 e. The summed E-state index contributed by atoms with van der Waals surface area (Å²) in [5, 5.41) is 23.1. The van der Waals surface area contributed by atoms with Crippen molar-refractivity contribution in [3.05, 3.63) is 97.2 Å². The number of hydrogen-bond donors (Lipinski definition) is 3. The van der Waals surface area contributed by atoms with E-state index < -0.39 is 12.1 Å². The Bertz CT molecular complexity index is 1250. The van der Waals surface area contributed by atoms with E-state index in [1.54, 1.807) is 6.08 Å². The fraction of sp³-hybridized carbons (Fsp3) is 0.734. The van der Waals surface area contributed by atoms with E-state index in [9.17, 15) is 15.0 Å². The summed E-state index contributed by atoms with van der Waals surface area (Å²) in [6.45, 7) is 4.19. The molecule has 0 aliphatic rings. The standard InChI is InChI=1S/C64H113NO3/c1-3-5-7-9-11-13-15-17-19-21-23-25-27-28-29-30-31-32-33-34-35-36-38-39-41-43-45-47-49-51-53-55-57-59-63(67)62(61-66)65-64(68)60-58-56-54-52-50-48-46-44-42-40-37-26-24-22-20-18-16-14-12-10-8-6-4-2/h6,8,12,14,18,20,24,26,40-43,49,51,57,59,62-63,66-67H,3-5,7,9-11,13,15-17,19,21-23,25,27-39,44-48,50,52-56,58,60-61H2,1-2H3,(H,65,68)/b8-6-,14-12-,20-18-,26-24-,42-40-,43-41+,51-49+,59-57+. The Labute approximate surface area is 424 Å². The van der Waals surface area contributed by atoms with Crippen LogP contribution in [0.15, 0.2) is 97.2 Å². The Morgan fingerprint density at radius 2 is 0.662 bits per heavy atom. The number of allylic oxidation sites excluding steroid dienone is 15. The summed E-state index contributed by atoms with van der Waals surface area (Å²) in [5.74, 6) is -0.0910. The van der Waals surface area contributed by atoms with Crippen LogP contribution in [0.3, 0.4) is 0 Å². The predicted molar refractivity (Wildman–Crippen MR) is 303 cm³/mol. The van der Waals surface area contributed by atoms with Gasteiger partial charge in [-0.15, -0.1) is 0 Å². The van der Waals surface area contributed by atoms with E-state index in [0.29, 0.717) is 6.42 Å². The first-order valence-electron chi connectivity index (χ1n) is 29.5. The lowest BCUT2D eigenvalue weighted by Crippen LogP contribution is -2.45. The van der Waals surface area contributed by atoms with Crippen molar-refractivity contribution in [2.24, 2.45) is 0 Å². The van der Waals surface area contributed by atoms with Crippen LogP contribution in [-0.2, 0) is 4.79 Å². The third kappa shape index (κ3) is 54.3. The molecule has 3 N–H and O–H groups in total. The van der Waals surface area contributed by atoms with Crippen LogP contribution in [0.25, 0.3) is 0 Å². The van der Waals surface area contributed by atoms with Gasteiger partial charge in [-0.25, -0.2) is 0 Å². The number of carbonyl (C=O) groups excluding carboxylic acids is 1. The summed E-state index contributed by atoms with van der Waals surface area (Å²) in [6, 6.07) is -0.660. The molecule has 0 radical (unpaired) electrons. The SMILES string of the molecule is CC/C=C\C/C=C\C/C=C\C/C=C\C/C=C\CCCCCCCCCC(=O)NC(CO)C(O)/C=C/CC/C=C/CC/C=C/CCCCCCCCCCCCCCCCCCCCCCCCC. The van der Waals surface area contributed by atoms with Crippen molar-refractivity contribution in [1.29, 1.82) is 0 Å². The molecule has 0 heterocycles. The van der Waals surface area contributed by atoms with Crippen molar-refractivity contribution in [3.63, 3.8) is 0 Å². The van der Waals surface area contributed by atoms with Gasteiger partial charge in [-0.1, -0.05) is 284 Å². The van der Waals surface area contributed by atoms with Gasteiger partial charge in [-0.3, -0.25) is 4.79 Å². The largest absolute Gasteiger partial charge is 0.394 e. The van der Waals surface area contributed by atoms with E-state index in [-0.39, 0.29) is 12.5 Å². The molecule has 0 aromatic carbocycles. The van der Waals surface area contributed by atoms with Gasteiger partial charge in [0.05, 0.1) is 18.8 Å². The quantitative estimate of drug-likeness (QED) is 0.0420. The Kier molecular flexibility index (Phi) is 56.3. The third-order valence-corrected chi connectivity index (χ3v) is 13.0. The van der Waals surface area contributed by atoms with Gasteiger partial charge in [0, 0.05) is 6.42 Å². The average molecular weight is 945 g/mol. The van der Waals surface area contributed by atoms with Gasteiger partial charge in [-0.2, -0.15) is 0 Å². The molecular weight excluding hydrogens is 831 g/mol. The van der Waals surface area contributed by atoms with Crippen molar-refractivity contribution in [2.75, 3.05) is 6.61 Å². The number of carbonyl (C=O) groups is 1. The number of nitrogens with one attached hydrogen (secondary N) is 1. The summed E-state index contributed by atoms with van der Waals surface area (Å²) < 4.78 is 0. The van der Waals surface area contributed by atoms with Crippen LogP contribution in [-0.4, -0.2) is 34.9 Å². The third-order valence-electron chi connectivity index (χ3n) is 13.0. The number of aliphatic hydroxyl groups excluding tert-OH is 2. The molecular formula is C64H113NO3. The smallest absolute Gasteiger partial charge is 0.220 e. The molecule has 0 spiro atoms. The van der Waals surface area contributed by atoms with E-state index in [2.05, 4.69) is 104 Å². The molecule has 0 aromatic heterocycles. The molecule has 0 aliphatic heterocycles. The average Bonchev–Trinajstić information content (AvgIpc) is 3.34. The lowest BCUT2D eigenvalue weighted by molar-refractivity contribution is -0.123. The minimum absolute atomic E-state index is 0.0910. The fourth-order valence-corrected chi connectivity index (χ4v) is 8.59. The molecule has 2 atom stereocenters. The Morgan fingerprint density at radius 1 is 0.368 bits per heavy atom. The topological polar surface area (TPSA) is 69.6 Å². The lowest BCUT2D eigenvalue weighted by Gasteiger charge is -2.19. The second-order valence-corrected chi connectivity index (χ2v) is 19.7. The summed E-state index contributed by atoms with van der Waals surface area (Å²) in [5.41, 5.74) is 0. The maximum atomic E-state index is 12.5. The van der Waals surface area contributed by atoms with Crippen molar-refractivity contribution >= 4 is 5.91 Å². The highest BCUT2D eigenvalue weighted by Gasteiger charge is 2.18. The van der Waals surface area contributed by atoms with Crippen LogP contribution in [0.5, 0.6) is 0 Å². The van der Waals surface area contributed by atoms with Gasteiger partial charge in [0.15, 0.2) is 0 Å². The molecule has 4 nitrogen and oxygen atoms in total. The highest BCUT2D eigenvalue weighted by molar-refractivity contribution is 5.76. The van der Waals surface area contributed by atoms with Gasteiger partial charge >= 0.3 is 0 Å². The minimum atomic E-state index is -0.883. The first-order valence-corrected chi connectivity index (χ1v) is 29.5. The number of hydrogen-bond acceptors (Lipinski definition) is 3. The monoisotopic (exact) mass is 944 g/mol. The van der Waals surface area contributed by atoms with E-state index in [1.165, 1.54) is 180 Å². The first kappa shape index (κ1) is 65.3. The molecule has 4 heteroatoms. The highest BCUT2D eigenvalue weighted by atomic mass is 16.3. The van der Waals surface area contributed by atoms with Gasteiger partial charge in [0.1, 0.15) is 0 Å².